The molecule has 18 heavy (non-hydrogen) atoms. The second-order valence-electron chi connectivity index (χ2n) is 5.12. The van der Waals surface area contributed by atoms with Crippen molar-refractivity contribution in [2.45, 2.75) is 44.8 Å². The van der Waals surface area contributed by atoms with Gasteiger partial charge in [0.2, 0.25) is 0 Å². The van der Waals surface area contributed by atoms with Crippen LogP contribution in [0.2, 0.25) is 0 Å². The third kappa shape index (κ3) is 2.38. The molecule has 3 nitrogen and oxygen atoms in total. The van der Waals surface area contributed by atoms with Gasteiger partial charge in [-0.1, -0.05) is 12.1 Å². The molecule has 1 fully saturated rings. The van der Waals surface area contributed by atoms with Gasteiger partial charge in [-0.25, -0.2) is 0 Å². The van der Waals surface area contributed by atoms with E-state index < -0.39 is 11.7 Å². The number of aliphatic hydroxyl groups excluding tert-OH is 1. The van der Waals surface area contributed by atoms with Crippen molar-refractivity contribution in [2.24, 2.45) is 0 Å². The molecule has 100 valence electrons. The van der Waals surface area contributed by atoms with E-state index in [0.717, 1.165) is 30.8 Å². The SMILES string of the molecule is CCN(CC)c1ccc(C(O)C2(O)CCC2)cc1. The molecule has 0 radical (unpaired) electrons. The van der Waals surface area contributed by atoms with E-state index in [1.54, 1.807) is 0 Å². The zero-order chi connectivity index (χ0) is 13.2. The molecule has 0 aliphatic heterocycles. The number of hydrogen-bond acceptors (Lipinski definition) is 3. The summed E-state index contributed by atoms with van der Waals surface area (Å²) in [5.41, 5.74) is 1.08. The van der Waals surface area contributed by atoms with Crippen LogP contribution < -0.4 is 4.90 Å². The molecular formula is C15H23NO2. The van der Waals surface area contributed by atoms with Crippen molar-refractivity contribution in [3.05, 3.63) is 29.8 Å². The Morgan fingerprint density at radius 1 is 1.17 bits per heavy atom. The molecule has 0 aromatic heterocycles. The van der Waals surface area contributed by atoms with E-state index in [-0.39, 0.29) is 0 Å². The molecule has 0 spiro atoms. The molecule has 1 aliphatic rings. The van der Waals surface area contributed by atoms with E-state index >= 15 is 0 Å². The van der Waals surface area contributed by atoms with Gasteiger partial charge >= 0.3 is 0 Å². The summed E-state index contributed by atoms with van der Waals surface area (Å²) < 4.78 is 0. The van der Waals surface area contributed by atoms with Gasteiger partial charge in [0.05, 0.1) is 5.60 Å². The molecule has 0 saturated heterocycles. The minimum absolute atomic E-state index is 0.700. The van der Waals surface area contributed by atoms with Gasteiger partial charge in [-0.05, 0) is 50.8 Å². The van der Waals surface area contributed by atoms with Crippen LogP contribution in [-0.4, -0.2) is 28.9 Å². The summed E-state index contributed by atoms with van der Waals surface area (Å²) in [7, 11) is 0. The van der Waals surface area contributed by atoms with Gasteiger partial charge in [-0.3, -0.25) is 0 Å². The van der Waals surface area contributed by atoms with Gasteiger partial charge in [0.15, 0.2) is 0 Å². The van der Waals surface area contributed by atoms with Crippen molar-refractivity contribution in [2.75, 3.05) is 18.0 Å². The van der Waals surface area contributed by atoms with Crippen molar-refractivity contribution < 1.29 is 10.2 Å². The minimum atomic E-state index is -0.892. The summed E-state index contributed by atoms with van der Waals surface area (Å²) in [5.74, 6) is 0. The van der Waals surface area contributed by atoms with Gasteiger partial charge in [0.1, 0.15) is 6.10 Å². The Labute approximate surface area is 109 Å². The van der Waals surface area contributed by atoms with E-state index in [1.807, 2.05) is 24.3 Å². The van der Waals surface area contributed by atoms with Gasteiger partial charge in [-0.2, -0.15) is 0 Å². The molecule has 0 amide bonds. The molecule has 1 aromatic carbocycles. The molecule has 1 unspecified atom stereocenters. The standard InChI is InChI=1S/C15H23NO2/c1-3-16(4-2)13-8-6-12(7-9-13)14(17)15(18)10-5-11-15/h6-9,14,17-18H,3-5,10-11H2,1-2H3. The van der Waals surface area contributed by atoms with Crippen molar-refractivity contribution in [3.63, 3.8) is 0 Å². The van der Waals surface area contributed by atoms with Crippen molar-refractivity contribution in [3.8, 4) is 0 Å². The van der Waals surface area contributed by atoms with Crippen molar-refractivity contribution in [1.82, 2.24) is 0 Å². The molecule has 0 heterocycles. The highest BCUT2D eigenvalue weighted by atomic mass is 16.3. The predicted octanol–water partition coefficient (Wildman–Crippen LogP) is 2.48. The quantitative estimate of drug-likeness (QED) is 0.842. The normalized spacial score (nSPS) is 19.1. The number of anilines is 1. The van der Waals surface area contributed by atoms with Gasteiger partial charge in [0, 0.05) is 18.8 Å². The molecule has 1 atom stereocenters. The average molecular weight is 249 g/mol. The molecule has 3 heteroatoms. The summed E-state index contributed by atoms with van der Waals surface area (Å²) in [5, 5.41) is 20.3. The van der Waals surface area contributed by atoms with Crippen LogP contribution in [0.25, 0.3) is 0 Å². The molecule has 2 rings (SSSR count). The average Bonchev–Trinajstić information content (AvgIpc) is 2.37. The number of hydrogen-bond donors (Lipinski definition) is 2. The number of benzene rings is 1. The third-order valence-electron chi connectivity index (χ3n) is 4.07. The second kappa shape index (κ2) is 5.29. The van der Waals surface area contributed by atoms with Crippen molar-refractivity contribution >= 4 is 5.69 Å². The van der Waals surface area contributed by atoms with Crippen LogP contribution in [0.3, 0.4) is 0 Å². The van der Waals surface area contributed by atoms with Gasteiger partial charge < -0.3 is 15.1 Å². The maximum atomic E-state index is 10.2. The maximum absolute atomic E-state index is 10.2. The lowest BCUT2D eigenvalue weighted by Gasteiger charge is -2.40. The van der Waals surface area contributed by atoms with Crippen LogP contribution in [-0.2, 0) is 0 Å². The monoisotopic (exact) mass is 249 g/mol. The summed E-state index contributed by atoms with van der Waals surface area (Å²) in [4.78, 5) is 2.26. The lowest BCUT2D eigenvalue weighted by Crippen LogP contribution is -2.43. The summed E-state index contributed by atoms with van der Waals surface area (Å²) in [6.07, 6.45) is 1.65. The van der Waals surface area contributed by atoms with E-state index in [1.165, 1.54) is 0 Å². The van der Waals surface area contributed by atoms with Crippen LogP contribution in [0.1, 0.15) is 44.8 Å². The largest absolute Gasteiger partial charge is 0.387 e. The number of rotatable bonds is 5. The Hall–Kier alpha value is -1.06. The van der Waals surface area contributed by atoms with Crippen LogP contribution >= 0.6 is 0 Å². The van der Waals surface area contributed by atoms with Crippen LogP contribution in [0.15, 0.2) is 24.3 Å². The zero-order valence-electron chi connectivity index (χ0n) is 11.3. The van der Waals surface area contributed by atoms with E-state index in [9.17, 15) is 10.2 Å². The first-order valence-electron chi connectivity index (χ1n) is 6.86. The lowest BCUT2D eigenvalue weighted by atomic mass is 9.74. The van der Waals surface area contributed by atoms with E-state index in [0.29, 0.717) is 12.8 Å². The smallest absolute Gasteiger partial charge is 0.108 e. The molecule has 2 N–H and O–H groups in total. The first kappa shape index (κ1) is 13.4. The van der Waals surface area contributed by atoms with E-state index in [2.05, 4.69) is 18.7 Å². The molecule has 1 saturated carbocycles. The topological polar surface area (TPSA) is 43.7 Å². The van der Waals surface area contributed by atoms with Crippen molar-refractivity contribution in [1.29, 1.82) is 0 Å². The Morgan fingerprint density at radius 3 is 2.11 bits per heavy atom. The number of nitrogens with zero attached hydrogens (tertiary/aromatic N) is 1. The highest BCUT2D eigenvalue weighted by molar-refractivity contribution is 5.48. The predicted molar refractivity (Wildman–Crippen MR) is 73.8 cm³/mol. The Balaban J connectivity index is 2.12. The summed E-state index contributed by atoms with van der Waals surface area (Å²) in [6, 6.07) is 7.89. The molecular weight excluding hydrogens is 226 g/mol. The van der Waals surface area contributed by atoms with E-state index in [4.69, 9.17) is 0 Å². The Kier molecular flexibility index (Phi) is 3.93. The number of aliphatic hydroxyl groups is 2. The second-order valence-corrected chi connectivity index (χ2v) is 5.12. The minimum Gasteiger partial charge on any atom is -0.387 e. The fourth-order valence-electron chi connectivity index (χ4n) is 2.58. The first-order valence-corrected chi connectivity index (χ1v) is 6.86. The maximum Gasteiger partial charge on any atom is 0.108 e. The highest BCUT2D eigenvalue weighted by Gasteiger charge is 2.42. The molecule has 1 aromatic rings. The van der Waals surface area contributed by atoms with Gasteiger partial charge in [0.25, 0.3) is 0 Å². The summed E-state index contributed by atoms with van der Waals surface area (Å²) >= 11 is 0. The zero-order valence-corrected chi connectivity index (χ0v) is 11.3. The van der Waals surface area contributed by atoms with Crippen LogP contribution in [0.5, 0.6) is 0 Å². The Morgan fingerprint density at radius 2 is 1.72 bits per heavy atom. The Bertz CT molecular complexity index is 380. The first-order chi connectivity index (χ1) is 8.60. The summed E-state index contributed by atoms with van der Waals surface area (Å²) in [6.45, 7) is 6.21. The lowest BCUT2D eigenvalue weighted by molar-refractivity contribution is -0.127. The molecule has 0 bridgehead atoms. The van der Waals surface area contributed by atoms with Crippen LogP contribution in [0, 0.1) is 0 Å². The fraction of sp³-hybridized carbons (Fsp3) is 0.600. The third-order valence-corrected chi connectivity index (χ3v) is 4.07. The van der Waals surface area contributed by atoms with Crippen LogP contribution in [0.4, 0.5) is 5.69 Å². The van der Waals surface area contributed by atoms with Gasteiger partial charge in [-0.15, -0.1) is 0 Å². The highest BCUT2D eigenvalue weighted by Crippen LogP contribution is 2.42. The molecule has 1 aliphatic carbocycles. The fourth-order valence-corrected chi connectivity index (χ4v) is 2.58.